The summed E-state index contributed by atoms with van der Waals surface area (Å²) in [6.07, 6.45) is 3.56. The third kappa shape index (κ3) is 2.83. The van der Waals surface area contributed by atoms with Crippen LogP contribution in [0.4, 0.5) is 0 Å². The Labute approximate surface area is 116 Å². The highest BCUT2D eigenvalue weighted by molar-refractivity contribution is 5.30. The predicted molar refractivity (Wildman–Crippen MR) is 78.9 cm³/mol. The zero-order chi connectivity index (χ0) is 13.3. The van der Waals surface area contributed by atoms with Gasteiger partial charge < -0.3 is 10.6 Å². The van der Waals surface area contributed by atoms with Crippen LogP contribution in [0.25, 0.3) is 0 Å². The van der Waals surface area contributed by atoms with Gasteiger partial charge in [0.2, 0.25) is 0 Å². The second-order valence-corrected chi connectivity index (χ2v) is 6.29. The molecule has 0 aromatic heterocycles. The molecule has 1 saturated heterocycles. The van der Waals surface area contributed by atoms with Crippen LogP contribution >= 0.6 is 0 Å². The van der Waals surface area contributed by atoms with Crippen LogP contribution in [0.1, 0.15) is 30.4 Å². The van der Waals surface area contributed by atoms with E-state index < -0.39 is 0 Å². The highest BCUT2D eigenvalue weighted by Crippen LogP contribution is 2.38. The van der Waals surface area contributed by atoms with E-state index in [4.69, 9.17) is 5.73 Å². The van der Waals surface area contributed by atoms with Crippen molar-refractivity contribution in [1.82, 2.24) is 9.80 Å². The summed E-state index contributed by atoms with van der Waals surface area (Å²) < 4.78 is 0. The van der Waals surface area contributed by atoms with Gasteiger partial charge in [-0.25, -0.2) is 0 Å². The maximum atomic E-state index is 6.36. The average molecular weight is 259 g/mol. The lowest BCUT2D eigenvalue weighted by atomic mass is 9.73. The van der Waals surface area contributed by atoms with Gasteiger partial charge in [-0.1, -0.05) is 24.3 Å². The van der Waals surface area contributed by atoms with E-state index in [2.05, 4.69) is 41.1 Å². The first kappa shape index (κ1) is 13.1. The molecule has 1 aromatic rings. The highest BCUT2D eigenvalue weighted by Gasteiger charge is 2.33. The molecule has 2 N–H and O–H groups in total. The minimum absolute atomic E-state index is 0.0215. The molecule has 1 aliphatic carbocycles. The zero-order valence-electron chi connectivity index (χ0n) is 11.9. The summed E-state index contributed by atoms with van der Waals surface area (Å²) in [5, 5.41) is 0. The average Bonchev–Trinajstić information content (AvgIpc) is 2.40. The van der Waals surface area contributed by atoms with Gasteiger partial charge in [0.1, 0.15) is 0 Å². The lowest BCUT2D eigenvalue weighted by molar-refractivity contribution is 0.148. The van der Waals surface area contributed by atoms with Crippen molar-refractivity contribution in [1.29, 1.82) is 0 Å². The Bertz CT molecular complexity index is 414. The van der Waals surface area contributed by atoms with Crippen molar-refractivity contribution in [3.8, 4) is 0 Å². The zero-order valence-corrected chi connectivity index (χ0v) is 11.9. The normalized spacial score (nSPS) is 24.1. The van der Waals surface area contributed by atoms with Crippen LogP contribution in [0.3, 0.4) is 0 Å². The fraction of sp³-hybridized carbons (Fsp3) is 0.625. The van der Waals surface area contributed by atoms with Gasteiger partial charge in [-0.15, -0.1) is 0 Å². The van der Waals surface area contributed by atoms with Crippen LogP contribution in [-0.4, -0.2) is 43.0 Å². The van der Waals surface area contributed by atoms with E-state index in [1.54, 1.807) is 0 Å². The molecule has 104 valence electrons. The molecule has 0 unspecified atom stereocenters. The Morgan fingerprint density at radius 2 is 1.68 bits per heavy atom. The number of likely N-dealkylation sites (N-methyl/N-ethyl adjacent to an activating group) is 1. The monoisotopic (exact) mass is 259 g/mol. The fourth-order valence-corrected chi connectivity index (χ4v) is 3.05. The van der Waals surface area contributed by atoms with Crippen LogP contribution < -0.4 is 5.73 Å². The van der Waals surface area contributed by atoms with Gasteiger partial charge in [-0.3, -0.25) is 4.90 Å². The summed E-state index contributed by atoms with van der Waals surface area (Å²) in [5.74, 6) is 0. The molecule has 3 nitrogen and oxygen atoms in total. The quantitative estimate of drug-likeness (QED) is 0.898. The third-order valence-corrected chi connectivity index (χ3v) is 4.78. The lowest BCUT2D eigenvalue weighted by Gasteiger charge is -2.38. The number of nitrogens with zero attached hydrogens (tertiary/aromatic N) is 2. The first-order valence-corrected chi connectivity index (χ1v) is 7.45. The van der Waals surface area contributed by atoms with Gasteiger partial charge >= 0.3 is 0 Å². The topological polar surface area (TPSA) is 32.5 Å². The minimum Gasteiger partial charge on any atom is -0.321 e. The van der Waals surface area contributed by atoms with Crippen molar-refractivity contribution in [3.05, 3.63) is 35.4 Å². The Hall–Kier alpha value is -0.900. The molecular formula is C16H25N3. The van der Waals surface area contributed by atoms with Crippen molar-refractivity contribution in [2.24, 2.45) is 5.73 Å². The standard InChI is InChI=1S/C16H25N3/c1-18-9-11-19(12-10-18)13-14-3-5-15(6-4-14)16(17)7-2-8-16/h3-6H,2,7-13,17H2,1H3. The summed E-state index contributed by atoms with van der Waals surface area (Å²) in [7, 11) is 2.20. The van der Waals surface area contributed by atoms with Gasteiger partial charge in [-0.2, -0.15) is 0 Å². The van der Waals surface area contributed by atoms with E-state index in [1.807, 2.05) is 0 Å². The van der Waals surface area contributed by atoms with E-state index in [-0.39, 0.29) is 5.54 Å². The molecule has 0 atom stereocenters. The molecule has 1 aliphatic heterocycles. The van der Waals surface area contributed by atoms with Crippen molar-refractivity contribution in [2.75, 3.05) is 33.2 Å². The van der Waals surface area contributed by atoms with Gasteiger partial charge in [0.15, 0.2) is 0 Å². The molecule has 2 fully saturated rings. The number of piperazine rings is 1. The maximum absolute atomic E-state index is 6.36. The van der Waals surface area contributed by atoms with Gasteiger partial charge in [0.25, 0.3) is 0 Å². The molecule has 0 bridgehead atoms. The second kappa shape index (κ2) is 5.23. The number of rotatable bonds is 3. The number of hydrogen-bond acceptors (Lipinski definition) is 3. The molecule has 19 heavy (non-hydrogen) atoms. The Kier molecular flexibility index (Phi) is 3.61. The van der Waals surface area contributed by atoms with E-state index in [0.717, 1.165) is 19.4 Å². The molecule has 3 rings (SSSR count). The van der Waals surface area contributed by atoms with Crippen LogP contribution in [-0.2, 0) is 12.1 Å². The van der Waals surface area contributed by atoms with E-state index in [0.29, 0.717) is 0 Å². The summed E-state index contributed by atoms with van der Waals surface area (Å²) in [6, 6.07) is 9.01. The summed E-state index contributed by atoms with van der Waals surface area (Å²) in [5.41, 5.74) is 9.07. The molecule has 1 aromatic carbocycles. The van der Waals surface area contributed by atoms with Crippen LogP contribution in [0.2, 0.25) is 0 Å². The van der Waals surface area contributed by atoms with Crippen molar-refractivity contribution in [2.45, 2.75) is 31.3 Å². The minimum atomic E-state index is -0.0215. The summed E-state index contributed by atoms with van der Waals surface area (Å²) in [4.78, 5) is 4.94. The lowest BCUT2D eigenvalue weighted by Crippen LogP contribution is -2.44. The molecular weight excluding hydrogens is 234 g/mol. The molecule has 2 aliphatic rings. The van der Waals surface area contributed by atoms with Crippen molar-refractivity contribution >= 4 is 0 Å². The molecule has 0 spiro atoms. The van der Waals surface area contributed by atoms with Crippen molar-refractivity contribution in [3.63, 3.8) is 0 Å². The maximum Gasteiger partial charge on any atom is 0.0409 e. The Morgan fingerprint density at radius 1 is 1.05 bits per heavy atom. The first-order chi connectivity index (χ1) is 9.16. The van der Waals surface area contributed by atoms with Gasteiger partial charge in [0, 0.05) is 38.3 Å². The Balaban J connectivity index is 1.60. The summed E-state index contributed by atoms with van der Waals surface area (Å²) in [6.45, 7) is 5.80. The van der Waals surface area contributed by atoms with Crippen LogP contribution in [0.15, 0.2) is 24.3 Å². The Morgan fingerprint density at radius 3 is 2.21 bits per heavy atom. The third-order valence-electron chi connectivity index (χ3n) is 4.78. The molecule has 0 amide bonds. The van der Waals surface area contributed by atoms with Crippen LogP contribution in [0, 0.1) is 0 Å². The van der Waals surface area contributed by atoms with E-state index in [1.165, 1.54) is 43.7 Å². The number of hydrogen-bond donors (Lipinski definition) is 1. The van der Waals surface area contributed by atoms with Crippen LogP contribution in [0.5, 0.6) is 0 Å². The van der Waals surface area contributed by atoms with Gasteiger partial charge in [0.05, 0.1) is 0 Å². The summed E-state index contributed by atoms with van der Waals surface area (Å²) >= 11 is 0. The molecule has 1 heterocycles. The van der Waals surface area contributed by atoms with Gasteiger partial charge in [-0.05, 0) is 37.4 Å². The smallest absolute Gasteiger partial charge is 0.0409 e. The van der Waals surface area contributed by atoms with Crippen molar-refractivity contribution < 1.29 is 0 Å². The predicted octanol–water partition coefficient (Wildman–Crippen LogP) is 1.77. The molecule has 0 radical (unpaired) electrons. The first-order valence-electron chi connectivity index (χ1n) is 7.45. The SMILES string of the molecule is CN1CCN(Cc2ccc(C3(N)CCC3)cc2)CC1. The van der Waals surface area contributed by atoms with E-state index in [9.17, 15) is 0 Å². The molecule has 1 saturated carbocycles. The van der Waals surface area contributed by atoms with E-state index >= 15 is 0 Å². The fourth-order valence-electron chi connectivity index (χ4n) is 3.05. The largest absolute Gasteiger partial charge is 0.321 e. The number of benzene rings is 1. The highest BCUT2D eigenvalue weighted by atomic mass is 15.2. The number of nitrogens with two attached hydrogens (primary N) is 1. The second-order valence-electron chi connectivity index (χ2n) is 6.29. The molecule has 3 heteroatoms.